The van der Waals surface area contributed by atoms with E-state index in [0.29, 0.717) is 11.8 Å². The Morgan fingerprint density at radius 2 is 2.14 bits per heavy atom. The molecule has 3 rings (SSSR count). The number of hydrogen-bond acceptors (Lipinski definition) is 2. The molecule has 21 heavy (non-hydrogen) atoms. The first-order valence-electron chi connectivity index (χ1n) is 7.79. The van der Waals surface area contributed by atoms with Gasteiger partial charge >= 0.3 is 0 Å². The molecule has 0 radical (unpaired) electrons. The van der Waals surface area contributed by atoms with Crippen molar-refractivity contribution in [1.29, 1.82) is 0 Å². The van der Waals surface area contributed by atoms with Crippen LogP contribution in [0.2, 0.25) is 0 Å². The van der Waals surface area contributed by atoms with Gasteiger partial charge in [0.15, 0.2) is 0 Å². The Morgan fingerprint density at radius 3 is 3.00 bits per heavy atom. The van der Waals surface area contributed by atoms with Crippen molar-refractivity contribution in [2.45, 2.75) is 37.8 Å². The summed E-state index contributed by atoms with van der Waals surface area (Å²) >= 11 is 1.99. The largest absolute Gasteiger partial charge is 0.353 e. The predicted octanol–water partition coefficient (Wildman–Crippen LogP) is 4.12. The summed E-state index contributed by atoms with van der Waals surface area (Å²) in [5.74, 6) is 2.56. The van der Waals surface area contributed by atoms with E-state index < -0.39 is 0 Å². The topological polar surface area (TPSA) is 17.0 Å². The summed E-state index contributed by atoms with van der Waals surface area (Å²) in [7, 11) is 0. The summed E-state index contributed by atoms with van der Waals surface area (Å²) in [6.07, 6.45) is 4.51. The highest BCUT2D eigenvalue weighted by Gasteiger charge is 2.22. The van der Waals surface area contributed by atoms with Crippen LogP contribution in [0, 0.1) is 5.92 Å². The van der Waals surface area contributed by atoms with Crippen LogP contribution in [0.25, 0.3) is 0 Å². The fourth-order valence-corrected chi connectivity index (χ4v) is 4.09. The lowest BCUT2D eigenvalue weighted by atomic mass is 10.0. The number of fused-ring (bicyclic) bond motifs is 1. The SMILES string of the molecule is CC(C)CNCc1ccn(CC2CSc3ccccc32)c1. The maximum absolute atomic E-state index is 3.51. The summed E-state index contributed by atoms with van der Waals surface area (Å²) in [5.41, 5.74) is 2.91. The van der Waals surface area contributed by atoms with Crippen molar-refractivity contribution in [3.63, 3.8) is 0 Å². The van der Waals surface area contributed by atoms with E-state index in [2.05, 4.69) is 66.5 Å². The zero-order valence-electron chi connectivity index (χ0n) is 12.9. The Labute approximate surface area is 131 Å². The average molecular weight is 300 g/mol. The highest BCUT2D eigenvalue weighted by Crippen LogP contribution is 2.40. The Kier molecular flexibility index (Phi) is 4.71. The first-order chi connectivity index (χ1) is 10.2. The van der Waals surface area contributed by atoms with E-state index in [4.69, 9.17) is 0 Å². The van der Waals surface area contributed by atoms with Gasteiger partial charge in [0.05, 0.1) is 0 Å². The standard InChI is InChI=1S/C18H24N2S/c1-14(2)9-19-10-15-7-8-20(11-15)12-16-13-21-18-6-4-3-5-17(16)18/h3-8,11,14,16,19H,9-10,12-13H2,1-2H3. The van der Waals surface area contributed by atoms with Gasteiger partial charge in [-0.05, 0) is 35.7 Å². The zero-order chi connectivity index (χ0) is 14.7. The average Bonchev–Trinajstić information content (AvgIpc) is 3.07. The summed E-state index contributed by atoms with van der Waals surface area (Å²) in [6, 6.07) is 11.1. The molecule has 2 aromatic rings. The highest BCUT2D eigenvalue weighted by atomic mass is 32.2. The molecule has 0 fully saturated rings. The maximum atomic E-state index is 3.51. The number of rotatable bonds is 6. The van der Waals surface area contributed by atoms with Crippen LogP contribution in [-0.4, -0.2) is 16.9 Å². The highest BCUT2D eigenvalue weighted by molar-refractivity contribution is 7.99. The van der Waals surface area contributed by atoms with Crippen molar-refractivity contribution in [1.82, 2.24) is 9.88 Å². The molecule has 0 saturated carbocycles. The first kappa shape index (κ1) is 14.7. The van der Waals surface area contributed by atoms with E-state index in [1.807, 2.05) is 11.8 Å². The quantitative estimate of drug-likeness (QED) is 0.864. The van der Waals surface area contributed by atoms with Gasteiger partial charge in [-0.25, -0.2) is 0 Å². The van der Waals surface area contributed by atoms with E-state index in [-0.39, 0.29) is 0 Å². The second-order valence-electron chi connectivity index (χ2n) is 6.29. The fourth-order valence-electron chi connectivity index (χ4n) is 2.85. The number of nitrogens with one attached hydrogen (secondary N) is 1. The molecular weight excluding hydrogens is 276 g/mol. The van der Waals surface area contributed by atoms with Crippen molar-refractivity contribution < 1.29 is 0 Å². The number of aromatic nitrogens is 1. The van der Waals surface area contributed by atoms with Crippen molar-refractivity contribution >= 4 is 11.8 Å². The molecule has 1 atom stereocenters. The monoisotopic (exact) mass is 300 g/mol. The third-order valence-electron chi connectivity index (χ3n) is 3.92. The molecule has 0 aliphatic carbocycles. The number of benzene rings is 1. The van der Waals surface area contributed by atoms with Gasteiger partial charge in [0.1, 0.15) is 0 Å². The predicted molar refractivity (Wildman–Crippen MR) is 90.9 cm³/mol. The van der Waals surface area contributed by atoms with E-state index >= 15 is 0 Å². The van der Waals surface area contributed by atoms with Crippen molar-refractivity contribution in [2.75, 3.05) is 12.3 Å². The smallest absolute Gasteiger partial charge is 0.0297 e. The zero-order valence-corrected chi connectivity index (χ0v) is 13.7. The van der Waals surface area contributed by atoms with Gasteiger partial charge in [-0.3, -0.25) is 0 Å². The lowest BCUT2D eigenvalue weighted by Crippen LogP contribution is -2.18. The lowest BCUT2D eigenvalue weighted by Gasteiger charge is -2.11. The lowest BCUT2D eigenvalue weighted by molar-refractivity contribution is 0.551. The molecular formula is C18H24N2S. The van der Waals surface area contributed by atoms with Crippen LogP contribution in [0.15, 0.2) is 47.6 Å². The third-order valence-corrected chi connectivity index (χ3v) is 5.18. The molecule has 1 aromatic carbocycles. The summed E-state index contributed by atoms with van der Waals surface area (Å²) in [4.78, 5) is 1.47. The van der Waals surface area contributed by atoms with E-state index in [1.165, 1.54) is 21.8 Å². The Morgan fingerprint density at radius 1 is 1.29 bits per heavy atom. The van der Waals surface area contributed by atoms with Crippen molar-refractivity contribution in [3.8, 4) is 0 Å². The molecule has 112 valence electrons. The molecule has 1 unspecified atom stereocenters. The van der Waals surface area contributed by atoms with Crippen molar-refractivity contribution in [3.05, 3.63) is 53.9 Å². The molecule has 2 heterocycles. The molecule has 2 nitrogen and oxygen atoms in total. The second kappa shape index (κ2) is 6.71. The number of hydrogen-bond donors (Lipinski definition) is 1. The van der Waals surface area contributed by atoms with Crippen LogP contribution in [0.3, 0.4) is 0 Å². The van der Waals surface area contributed by atoms with E-state index in [0.717, 1.165) is 19.6 Å². The Balaban J connectivity index is 1.58. The molecule has 0 amide bonds. The molecule has 0 saturated heterocycles. The van der Waals surface area contributed by atoms with E-state index in [9.17, 15) is 0 Å². The van der Waals surface area contributed by atoms with Gasteiger partial charge in [-0.1, -0.05) is 32.0 Å². The molecule has 1 aliphatic rings. The van der Waals surface area contributed by atoms with Crippen LogP contribution < -0.4 is 5.32 Å². The van der Waals surface area contributed by atoms with Crippen LogP contribution in [-0.2, 0) is 13.1 Å². The first-order valence-corrected chi connectivity index (χ1v) is 8.78. The second-order valence-corrected chi connectivity index (χ2v) is 7.35. The van der Waals surface area contributed by atoms with Crippen LogP contribution in [0.5, 0.6) is 0 Å². The molecule has 1 aromatic heterocycles. The van der Waals surface area contributed by atoms with Crippen molar-refractivity contribution in [2.24, 2.45) is 5.92 Å². The van der Waals surface area contributed by atoms with E-state index in [1.54, 1.807) is 0 Å². The van der Waals surface area contributed by atoms with Gasteiger partial charge in [0.25, 0.3) is 0 Å². The third kappa shape index (κ3) is 3.72. The minimum atomic E-state index is 0.648. The minimum Gasteiger partial charge on any atom is -0.353 e. The molecule has 1 aliphatic heterocycles. The summed E-state index contributed by atoms with van der Waals surface area (Å²) in [5, 5.41) is 3.51. The molecule has 1 N–H and O–H groups in total. The van der Waals surface area contributed by atoms with Gasteiger partial charge < -0.3 is 9.88 Å². The van der Waals surface area contributed by atoms with Gasteiger partial charge in [-0.15, -0.1) is 11.8 Å². The van der Waals surface area contributed by atoms with Gasteiger partial charge in [-0.2, -0.15) is 0 Å². The Hall–Kier alpha value is -1.19. The normalized spacial score (nSPS) is 17.4. The molecule has 0 spiro atoms. The molecule has 0 bridgehead atoms. The Bertz CT molecular complexity index is 588. The maximum Gasteiger partial charge on any atom is 0.0297 e. The molecule has 3 heteroatoms. The fraction of sp³-hybridized carbons (Fsp3) is 0.444. The van der Waals surface area contributed by atoms with Crippen LogP contribution >= 0.6 is 11.8 Å². The number of nitrogens with zero attached hydrogens (tertiary/aromatic N) is 1. The summed E-state index contributed by atoms with van der Waals surface area (Å²) in [6.45, 7) is 7.63. The summed E-state index contributed by atoms with van der Waals surface area (Å²) < 4.78 is 2.35. The van der Waals surface area contributed by atoms with Gasteiger partial charge in [0.2, 0.25) is 0 Å². The number of thioether (sulfide) groups is 1. The van der Waals surface area contributed by atoms with Crippen LogP contribution in [0.1, 0.15) is 30.9 Å². The van der Waals surface area contributed by atoms with Gasteiger partial charge in [0, 0.05) is 42.0 Å². The van der Waals surface area contributed by atoms with Crippen LogP contribution in [0.4, 0.5) is 0 Å². The minimum absolute atomic E-state index is 0.648.